The topological polar surface area (TPSA) is 83.0 Å². The molecule has 21 heavy (non-hydrogen) atoms. The Hall–Kier alpha value is -1.93. The summed E-state index contributed by atoms with van der Waals surface area (Å²) in [6, 6.07) is 1.52. The van der Waals surface area contributed by atoms with Gasteiger partial charge < -0.3 is 10.1 Å². The SMILES string of the molecule is CSc1nc(-c2cc(F)c(Cl)cc2F)[nH]c(=O)c1C(=O)O. The second-order valence-corrected chi connectivity index (χ2v) is 5.05. The molecule has 110 valence electrons. The fourth-order valence-electron chi connectivity index (χ4n) is 1.62. The van der Waals surface area contributed by atoms with Crippen molar-refractivity contribution in [1.82, 2.24) is 9.97 Å². The number of carboxylic acid groups (broad SMARTS) is 1. The van der Waals surface area contributed by atoms with Gasteiger partial charge in [0, 0.05) is 0 Å². The molecular formula is C12H7ClF2N2O3S. The lowest BCUT2D eigenvalue weighted by Gasteiger charge is -2.07. The molecule has 0 unspecified atom stereocenters. The zero-order valence-corrected chi connectivity index (χ0v) is 12.0. The molecule has 2 rings (SSSR count). The summed E-state index contributed by atoms with van der Waals surface area (Å²) in [6.45, 7) is 0. The number of carbonyl (C=O) groups is 1. The number of aromatic carboxylic acids is 1. The van der Waals surface area contributed by atoms with Gasteiger partial charge in [0.05, 0.1) is 10.6 Å². The molecular weight excluding hydrogens is 326 g/mol. The maximum atomic E-state index is 13.8. The van der Waals surface area contributed by atoms with E-state index in [1.165, 1.54) is 6.26 Å². The van der Waals surface area contributed by atoms with Gasteiger partial charge in [-0.15, -0.1) is 11.8 Å². The Kier molecular flexibility index (Phi) is 4.29. The number of benzene rings is 1. The predicted molar refractivity (Wildman–Crippen MR) is 74.0 cm³/mol. The number of halogens is 3. The third-order valence-corrected chi connectivity index (χ3v) is 3.53. The Bertz CT molecular complexity index is 795. The monoisotopic (exact) mass is 332 g/mol. The average molecular weight is 333 g/mol. The Labute approximate surface area is 126 Å². The first kappa shape index (κ1) is 15.5. The highest BCUT2D eigenvalue weighted by molar-refractivity contribution is 7.98. The van der Waals surface area contributed by atoms with Crippen molar-refractivity contribution in [2.75, 3.05) is 6.26 Å². The van der Waals surface area contributed by atoms with Crippen molar-refractivity contribution in [3.63, 3.8) is 0 Å². The normalized spacial score (nSPS) is 10.7. The van der Waals surface area contributed by atoms with E-state index in [1.54, 1.807) is 0 Å². The van der Waals surface area contributed by atoms with E-state index in [9.17, 15) is 18.4 Å². The first-order chi connectivity index (χ1) is 9.85. The van der Waals surface area contributed by atoms with Crippen molar-refractivity contribution in [2.24, 2.45) is 0 Å². The molecule has 0 saturated carbocycles. The van der Waals surface area contributed by atoms with E-state index < -0.39 is 33.7 Å². The van der Waals surface area contributed by atoms with Crippen LogP contribution in [0, 0.1) is 11.6 Å². The molecule has 0 aliphatic carbocycles. The van der Waals surface area contributed by atoms with Crippen LogP contribution in [0.3, 0.4) is 0 Å². The van der Waals surface area contributed by atoms with Crippen LogP contribution < -0.4 is 5.56 Å². The maximum Gasteiger partial charge on any atom is 0.344 e. The van der Waals surface area contributed by atoms with E-state index in [0.29, 0.717) is 0 Å². The molecule has 0 amide bonds. The van der Waals surface area contributed by atoms with E-state index in [4.69, 9.17) is 16.7 Å². The van der Waals surface area contributed by atoms with Crippen molar-refractivity contribution in [3.8, 4) is 11.4 Å². The lowest BCUT2D eigenvalue weighted by atomic mass is 10.2. The molecule has 0 radical (unpaired) electrons. The van der Waals surface area contributed by atoms with Crippen LogP contribution in [0.5, 0.6) is 0 Å². The predicted octanol–water partition coefficient (Wildman–Crippen LogP) is 2.79. The summed E-state index contributed by atoms with van der Waals surface area (Å²) >= 11 is 6.35. The maximum absolute atomic E-state index is 13.8. The number of hydrogen-bond acceptors (Lipinski definition) is 4. The Balaban J connectivity index is 2.72. The molecule has 5 nitrogen and oxygen atoms in total. The first-order valence-corrected chi connectivity index (χ1v) is 7.02. The summed E-state index contributed by atoms with van der Waals surface area (Å²) in [5.74, 6) is -3.51. The van der Waals surface area contributed by atoms with E-state index in [2.05, 4.69) is 9.97 Å². The highest BCUT2D eigenvalue weighted by atomic mass is 35.5. The van der Waals surface area contributed by atoms with Crippen LogP contribution in [-0.2, 0) is 0 Å². The van der Waals surface area contributed by atoms with Gasteiger partial charge in [0.1, 0.15) is 22.5 Å². The molecule has 0 fully saturated rings. The van der Waals surface area contributed by atoms with Crippen LogP contribution in [0.25, 0.3) is 11.4 Å². The third-order valence-electron chi connectivity index (χ3n) is 2.56. The fraction of sp³-hybridized carbons (Fsp3) is 0.0833. The minimum Gasteiger partial charge on any atom is -0.477 e. The minimum absolute atomic E-state index is 0.101. The second-order valence-electron chi connectivity index (χ2n) is 3.85. The Morgan fingerprint density at radius 3 is 2.62 bits per heavy atom. The van der Waals surface area contributed by atoms with E-state index in [0.717, 1.165) is 23.9 Å². The quantitative estimate of drug-likeness (QED) is 0.513. The minimum atomic E-state index is -1.46. The third kappa shape index (κ3) is 2.91. The zero-order chi connectivity index (χ0) is 15.7. The number of rotatable bonds is 3. The largest absolute Gasteiger partial charge is 0.477 e. The number of nitrogens with one attached hydrogen (secondary N) is 1. The number of hydrogen-bond donors (Lipinski definition) is 2. The van der Waals surface area contributed by atoms with Gasteiger partial charge in [0.2, 0.25) is 0 Å². The second kappa shape index (κ2) is 5.82. The lowest BCUT2D eigenvalue weighted by Crippen LogP contribution is -2.21. The van der Waals surface area contributed by atoms with Crippen LogP contribution in [0.4, 0.5) is 8.78 Å². The van der Waals surface area contributed by atoms with Gasteiger partial charge in [-0.1, -0.05) is 11.6 Å². The smallest absolute Gasteiger partial charge is 0.344 e. The van der Waals surface area contributed by atoms with Crippen LogP contribution in [0.15, 0.2) is 22.0 Å². The molecule has 1 heterocycles. The summed E-state index contributed by atoms with van der Waals surface area (Å²) in [4.78, 5) is 28.7. The first-order valence-electron chi connectivity index (χ1n) is 5.41. The van der Waals surface area contributed by atoms with Crippen molar-refractivity contribution < 1.29 is 18.7 Å². The van der Waals surface area contributed by atoms with Crippen molar-refractivity contribution in [2.45, 2.75) is 5.03 Å². The highest BCUT2D eigenvalue weighted by Crippen LogP contribution is 2.26. The van der Waals surface area contributed by atoms with Crippen molar-refractivity contribution in [3.05, 3.63) is 44.7 Å². The molecule has 0 spiro atoms. The van der Waals surface area contributed by atoms with Gasteiger partial charge in [0.25, 0.3) is 5.56 Å². The summed E-state index contributed by atoms with van der Waals surface area (Å²) in [7, 11) is 0. The number of carboxylic acids is 1. The summed E-state index contributed by atoms with van der Waals surface area (Å²) in [6.07, 6.45) is 1.51. The number of aromatic nitrogens is 2. The van der Waals surface area contributed by atoms with Gasteiger partial charge in [-0.05, 0) is 18.4 Å². The Morgan fingerprint density at radius 2 is 2.05 bits per heavy atom. The Morgan fingerprint density at radius 1 is 1.38 bits per heavy atom. The molecule has 0 aliphatic heterocycles. The number of thioether (sulfide) groups is 1. The fourth-order valence-corrected chi connectivity index (χ4v) is 2.34. The molecule has 0 aliphatic rings. The van der Waals surface area contributed by atoms with E-state index in [1.807, 2.05) is 0 Å². The zero-order valence-electron chi connectivity index (χ0n) is 10.4. The molecule has 1 aromatic heterocycles. The van der Waals surface area contributed by atoms with Gasteiger partial charge in [0.15, 0.2) is 5.56 Å². The van der Waals surface area contributed by atoms with Crippen molar-refractivity contribution in [1.29, 1.82) is 0 Å². The number of nitrogens with zero attached hydrogens (tertiary/aromatic N) is 1. The van der Waals surface area contributed by atoms with E-state index >= 15 is 0 Å². The molecule has 0 saturated heterocycles. The lowest BCUT2D eigenvalue weighted by molar-refractivity contribution is 0.0690. The highest BCUT2D eigenvalue weighted by Gasteiger charge is 2.20. The van der Waals surface area contributed by atoms with Gasteiger partial charge in [-0.2, -0.15) is 0 Å². The molecule has 0 bridgehead atoms. The number of H-pyrrole nitrogens is 1. The number of aromatic amines is 1. The van der Waals surface area contributed by atoms with Gasteiger partial charge >= 0.3 is 5.97 Å². The summed E-state index contributed by atoms with van der Waals surface area (Å²) in [5.41, 5.74) is -1.83. The van der Waals surface area contributed by atoms with E-state index in [-0.39, 0.29) is 16.4 Å². The van der Waals surface area contributed by atoms with Gasteiger partial charge in [-0.25, -0.2) is 18.6 Å². The molecule has 0 atom stereocenters. The molecule has 1 aromatic carbocycles. The van der Waals surface area contributed by atoms with Gasteiger partial charge in [-0.3, -0.25) is 4.79 Å². The summed E-state index contributed by atoms with van der Waals surface area (Å²) < 4.78 is 27.2. The summed E-state index contributed by atoms with van der Waals surface area (Å²) in [5, 5.41) is 8.44. The van der Waals surface area contributed by atoms with Crippen LogP contribution in [-0.4, -0.2) is 27.3 Å². The van der Waals surface area contributed by atoms with Crippen molar-refractivity contribution >= 4 is 29.3 Å². The van der Waals surface area contributed by atoms with Crippen LogP contribution in [0.2, 0.25) is 5.02 Å². The molecule has 9 heteroatoms. The van der Waals surface area contributed by atoms with Crippen LogP contribution in [0.1, 0.15) is 10.4 Å². The molecule has 2 aromatic rings. The average Bonchev–Trinajstić information content (AvgIpc) is 2.41. The standard InChI is InChI=1S/C12H7ClF2N2O3S/c1-21-11-8(12(19)20)10(18)16-9(17-11)4-2-7(15)5(13)3-6(4)14/h2-3H,1H3,(H,19,20)(H,16,17,18). The molecule has 2 N–H and O–H groups in total. The van der Waals surface area contributed by atoms with Crippen LogP contribution >= 0.6 is 23.4 Å².